The molecule has 2 aromatic rings. The number of hydrogen-bond donors (Lipinski definition) is 0. The zero-order valence-electron chi connectivity index (χ0n) is 15.5. The van der Waals surface area contributed by atoms with Gasteiger partial charge in [0.1, 0.15) is 23.7 Å². The van der Waals surface area contributed by atoms with Crippen LogP contribution in [0.25, 0.3) is 0 Å². The maximum atomic E-state index is 13.0. The predicted molar refractivity (Wildman–Crippen MR) is 104 cm³/mol. The Morgan fingerprint density at radius 2 is 1.64 bits per heavy atom. The fraction of sp³-hybridized carbons (Fsp3) is 0.182. The average molecular weight is 383 g/mol. The van der Waals surface area contributed by atoms with E-state index in [1.54, 1.807) is 48.6 Å². The number of hydrogen-bond acceptors (Lipinski definition) is 4. The molecule has 0 aliphatic heterocycles. The Morgan fingerprint density at radius 3 is 2.29 bits per heavy atom. The highest BCUT2D eigenvalue weighted by atomic mass is 19.1. The molecule has 0 bridgehead atoms. The van der Waals surface area contributed by atoms with Crippen molar-refractivity contribution in [1.29, 1.82) is 0 Å². The number of nitrogens with zero attached hydrogens (tertiary/aromatic N) is 1. The van der Waals surface area contributed by atoms with Gasteiger partial charge in [0.2, 0.25) is 0 Å². The minimum atomic E-state index is -0.666. The molecule has 28 heavy (non-hydrogen) atoms. The maximum Gasteiger partial charge on any atom is 0.342 e. The van der Waals surface area contributed by atoms with Gasteiger partial charge in [-0.1, -0.05) is 36.4 Å². The van der Waals surface area contributed by atoms with Crippen molar-refractivity contribution < 1.29 is 23.5 Å². The number of ether oxygens (including phenoxy) is 2. The minimum absolute atomic E-state index is 0.163. The fourth-order valence-corrected chi connectivity index (χ4v) is 2.39. The molecular formula is C22H22FNO4. The van der Waals surface area contributed by atoms with E-state index >= 15 is 0 Å². The van der Waals surface area contributed by atoms with E-state index < -0.39 is 12.6 Å². The molecule has 2 aromatic carbocycles. The van der Waals surface area contributed by atoms with Crippen molar-refractivity contribution >= 4 is 11.9 Å². The Labute approximate surface area is 163 Å². The quantitative estimate of drug-likeness (QED) is 0.463. The van der Waals surface area contributed by atoms with Crippen LogP contribution in [0.1, 0.15) is 15.9 Å². The summed E-state index contributed by atoms with van der Waals surface area (Å²) in [6, 6.07) is 12.4. The first-order chi connectivity index (χ1) is 13.5. The molecule has 2 rings (SSSR count). The van der Waals surface area contributed by atoms with Gasteiger partial charge in [0.15, 0.2) is 6.61 Å². The summed E-state index contributed by atoms with van der Waals surface area (Å²) in [5, 5.41) is 0. The zero-order chi connectivity index (χ0) is 20.4. The van der Waals surface area contributed by atoms with E-state index in [4.69, 9.17) is 9.47 Å². The van der Waals surface area contributed by atoms with E-state index in [-0.39, 0.29) is 23.9 Å². The fourth-order valence-electron chi connectivity index (χ4n) is 2.39. The monoisotopic (exact) mass is 383 g/mol. The van der Waals surface area contributed by atoms with Crippen molar-refractivity contribution in [2.24, 2.45) is 0 Å². The van der Waals surface area contributed by atoms with Gasteiger partial charge in [0.25, 0.3) is 5.91 Å². The van der Waals surface area contributed by atoms with Gasteiger partial charge in [-0.05, 0) is 29.8 Å². The van der Waals surface area contributed by atoms with Crippen molar-refractivity contribution in [3.8, 4) is 5.75 Å². The van der Waals surface area contributed by atoms with Gasteiger partial charge in [-0.15, -0.1) is 13.2 Å². The summed E-state index contributed by atoms with van der Waals surface area (Å²) in [7, 11) is 0. The highest BCUT2D eigenvalue weighted by molar-refractivity contribution is 5.94. The molecule has 146 valence electrons. The molecule has 5 nitrogen and oxygen atoms in total. The first-order valence-electron chi connectivity index (χ1n) is 8.68. The molecule has 0 fully saturated rings. The lowest BCUT2D eigenvalue weighted by Gasteiger charge is -2.19. The van der Waals surface area contributed by atoms with Gasteiger partial charge < -0.3 is 14.4 Å². The SMILES string of the molecule is C=CCN(CC=C)C(=O)COC(=O)c1ccccc1OCc1ccc(F)cc1. The summed E-state index contributed by atoms with van der Waals surface area (Å²) < 4.78 is 23.8. The molecule has 1 amide bonds. The van der Waals surface area contributed by atoms with E-state index in [2.05, 4.69) is 13.2 Å². The maximum absolute atomic E-state index is 13.0. The smallest absolute Gasteiger partial charge is 0.342 e. The van der Waals surface area contributed by atoms with Gasteiger partial charge in [-0.3, -0.25) is 4.79 Å². The largest absolute Gasteiger partial charge is 0.488 e. The first kappa shape index (κ1) is 20.9. The van der Waals surface area contributed by atoms with Crippen molar-refractivity contribution in [2.45, 2.75) is 6.61 Å². The molecule has 0 radical (unpaired) electrons. The number of carbonyl (C=O) groups excluding carboxylic acids is 2. The number of esters is 1. The first-order valence-corrected chi connectivity index (χ1v) is 8.68. The third-order valence-corrected chi connectivity index (χ3v) is 3.79. The number of carbonyl (C=O) groups is 2. The van der Waals surface area contributed by atoms with Crippen LogP contribution in [0.15, 0.2) is 73.8 Å². The Morgan fingerprint density at radius 1 is 1.00 bits per heavy atom. The molecule has 0 heterocycles. The third-order valence-electron chi connectivity index (χ3n) is 3.79. The summed E-state index contributed by atoms with van der Waals surface area (Å²) in [4.78, 5) is 26.0. The molecule has 6 heteroatoms. The van der Waals surface area contributed by atoms with E-state index in [0.717, 1.165) is 5.56 Å². The van der Waals surface area contributed by atoms with E-state index in [0.29, 0.717) is 18.8 Å². The van der Waals surface area contributed by atoms with Gasteiger partial charge >= 0.3 is 5.97 Å². The Balaban J connectivity index is 1.99. The number of halogens is 1. The topological polar surface area (TPSA) is 55.8 Å². The minimum Gasteiger partial charge on any atom is -0.488 e. The zero-order valence-corrected chi connectivity index (χ0v) is 15.5. The van der Waals surface area contributed by atoms with Crippen LogP contribution < -0.4 is 4.74 Å². The van der Waals surface area contributed by atoms with Crippen molar-refractivity contribution in [3.63, 3.8) is 0 Å². The van der Waals surface area contributed by atoms with Crippen molar-refractivity contribution in [2.75, 3.05) is 19.7 Å². The second-order valence-corrected chi connectivity index (χ2v) is 5.86. The molecule has 0 spiro atoms. The Kier molecular flexibility index (Phi) is 7.96. The van der Waals surface area contributed by atoms with Crippen LogP contribution >= 0.6 is 0 Å². The molecule has 0 saturated carbocycles. The molecule has 0 aliphatic rings. The van der Waals surface area contributed by atoms with Gasteiger partial charge in [-0.25, -0.2) is 9.18 Å². The number of para-hydroxylation sites is 1. The van der Waals surface area contributed by atoms with Crippen molar-refractivity contribution in [3.05, 3.63) is 90.8 Å². The second-order valence-electron chi connectivity index (χ2n) is 5.86. The molecule has 0 atom stereocenters. The molecular weight excluding hydrogens is 361 g/mol. The Bertz CT molecular complexity index is 823. The standard InChI is InChI=1S/C22H22FNO4/c1-3-13-24(14-4-2)21(25)16-28-22(26)19-7-5-6-8-20(19)27-15-17-9-11-18(23)12-10-17/h3-12H,1-2,13-16H2. The van der Waals surface area contributed by atoms with Gasteiger partial charge in [-0.2, -0.15) is 0 Å². The van der Waals surface area contributed by atoms with E-state index in [9.17, 15) is 14.0 Å². The summed E-state index contributed by atoms with van der Waals surface area (Å²) in [5.74, 6) is -1.03. The van der Waals surface area contributed by atoms with Crippen LogP contribution in [0.3, 0.4) is 0 Å². The van der Waals surface area contributed by atoms with Crippen LogP contribution in [0.5, 0.6) is 5.75 Å². The van der Waals surface area contributed by atoms with Crippen LogP contribution in [0.4, 0.5) is 4.39 Å². The Hall–Kier alpha value is -3.41. The highest BCUT2D eigenvalue weighted by Gasteiger charge is 2.17. The van der Waals surface area contributed by atoms with E-state index in [1.165, 1.54) is 17.0 Å². The van der Waals surface area contributed by atoms with E-state index in [1.807, 2.05) is 0 Å². The van der Waals surface area contributed by atoms with Crippen LogP contribution in [-0.4, -0.2) is 36.5 Å². The number of amides is 1. The van der Waals surface area contributed by atoms with Crippen LogP contribution in [0, 0.1) is 5.82 Å². The lowest BCUT2D eigenvalue weighted by Crippen LogP contribution is -2.35. The average Bonchev–Trinajstić information content (AvgIpc) is 2.71. The summed E-state index contributed by atoms with van der Waals surface area (Å²) in [6.45, 7) is 7.63. The summed E-state index contributed by atoms with van der Waals surface area (Å²) in [5.41, 5.74) is 0.959. The van der Waals surface area contributed by atoms with Crippen molar-refractivity contribution in [1.82, 2.24) is 4.90 Å². The highest BCUT2D eigenvalue weighted by Crippen LogP contribution is 2.20. The molecule has 0 N–H and O–H groups in total. The van der Waals surface area contributed by atoms with Gasteiger partial charge in [0.05, 0.1) is 0 Å². The molecule has 0 aromatic heterocycles. The normalized spacial score (nSPS) is 10.0. The number of rotatable bonds is 10. The summed E-state index contributed by atoms with van der Waals surface area (Å²) in [6.07, 6.45) is 3.17. The predicted octanol–water partition coefficient (Wildman–Crippen LogP) is 3.76. The number of benzene rings is 2. The third kappa shape index (κ3) is 6.09. The van der Waals surface area contributed by atoms with Gasteiger partial charge in [0, 0.05) is 13.1 Å². The molecule has 0 aliphatic carbocycles. The lowest BCUT2D eigenvalue weighted by atomic mass is 10.2. The van der Waals surface area contributed by atoms with Crippen LogP contribution in [0.2, 0.25) is 0 Å². The molecule has 0 unspecified atom stereocenters. The second kappa shape index (κ2) is 10.7. The van der Waals surface area contributed by atoms with Crippen LogP contribution in [-0.2, 0) is 16.1 Å². The molecule has 0 saturated heterocycles. The summed E-state index contributed by atoms with van der Waals surface area (Å²) >= 11 is 0. The lowest BCUT2D eigenvalue weighted by molar-refractivity contribution is -0.133.